The average Bonchev–Trinajstić information content (AvgIpc) is 2.65. The van der Waals surface area contributed by atoms with E-state index in [0.29, 0.717) is 0 Å². The van der Waals surface area contributed by atoms with Crippen LogP contribution in [0.25, 0.3) is 0 Å². The standard InChI is InChI=1S/C21H27NO7/c1-5-27-18(24)15-11-16(19(25)29-21(2,3)4)22(12-17(15)23)20(26)28-13-14-9-7-6-8-10-14/h6-10,15-16H,5,11-13H2,1-4H3/t15?,16-/m0/s1. The zero-order valence-electron chi connectivity index (χ0n) is 17.2. The molecular weight excluding hydrogens is 378 g/mol. The number of hydrogen-bond acceptors (Lipinski definition) is 7. The van der Waals surface area contributed by atoms with Gasteiger partial charge in [0.1, 0.15) is 24.2 Å². The van der Waals surface area contributed by atoms with Crippen molar-refractivity contribution in [3.63, 3.8) is 0 Å². The molecule has 8 nitrogen and oxygen atoms in total. The number of amides is 1. The molecule has 2 rings (SSSR count). The predicted molar refractivity (Wildman–Crippen MR) is 103 cm³/mol. The molecule has 1 amide bonds. The first-order valence-electron chi connectivity index (χ1n) is 9.52. The second-order valence-corrected chi connectivity index (χ2v) is 7.72. The minimum Gasteiger partial charge on any atom is -0.465 e. The lowest BCUT2D eigenvalue weighted by atomic mass is 9.89. The largest absolute Gasteiger partial charge is 0.465 e. The van der Waals surface area contributed by atoms with Gasteiger partial charge in [0.05, 0.1) is 13.2 Å². The van der Waals surface area contributed by atoms with Gasteiger partial charge in [-0.05, 0) is 39.7 Å². The Morgan fingerprint density at radius 1 is 1.07 bits per heavy atom. The van der Waals surface area contributed by atoms with E-state index >= 15 is 0 Å². The highest BCUT2D eigenvalue weighted by Gasteiger charge is 2.46. The van der Waals surface area contributed by atoms with Crippen LogP contribution >= 0.6 is 0 Å². The summed E-state index contributed by atoms with van der Waals surface area (Å²) in [6.45, 7) is 6.39. The van der Waals surface area contributed by atoms with Crippen LogP contribution in [0.5, 0.6) is 0 Å². The molecule has 1 fully saturated rings. The first-order valence-corrected chi connectivity index (χ1v) is 9.52. The number of carbonyl (C=O) groups excluding carboxylic acids is 4. The van der Waals surface area contributed by atoms with E-state index in [2.05, 4.69) is 0 Å². The van der Waals surface area contributed by atoms with E-state index in [1.807, 2.05) is 6.07 Å². The van der Waals surface area contributed by atoms with E-state index < -0.39 is 47.9 Å². The number of nitrogens with zero attached hydrogens (tertiary/aromatic N) is 1. The van der Waals surface area contributed by atoms with Gasteiger partial charge >= 0.3 is 18.0 Å². The Balaban J connectivity index is 2.17. The highest BCUT2D eigenvalue weighted by molar-refractivity contribution is 6.03. The number of piperidine rings is 1. The minimum absolute atomic E-state index is 0.00723. The van der Waals surface area contributed by atoms with Crippen LogP contribution in [0.3, 0.4) is 0 Å². The van der Waals surface area contributed by atoms with Crippen LogP contribution in [0.15, 0.2) is 30.3 Å². The smallest absolute Gasteiger partial charge is 0.411 e. The second kappa shape index (κ2) is 9.54. The topological polar surface area (TPSA) is 99.2 Å². The van der Waals surface area contributed by atoms with Crippen LogP contribution in [0.2, 0.25) is 0 Å². The highest BCUT2D eigenvalue weighted by Crippen LogP contribution is 2.25. The zero-order chi connectivity index (χ0) is 21.6. The lowest BCUT2D eigenvalue weighted by molar-refractivity contribution is -0.166. The monoisotopic (exact) mass is 405 g/mol. The molecule has 1 aliphatic rings. The lowest BCUT2D eigenvalue weighted by Crippen LogP contribution is -2.56. The molecule has 29 heavy (non-hydrogen) atoms. The molecule has 1 aliphatic heterocycles. The summed E-state index contributed by atoms with van der Waals surface area (Å²) in [6.07, 6.45) is -1.02. The number of ketones is 1. The van der Waals surface area contributed by atoms with Crippen molar-refractivity contribution in [3.8, 4) is 0 Å². The summed E-state index contributed by atoms with van der Waals surface area (Å²) in [5.41, 5.74) is -0.0280. The van der Waals surface area contributed by atoms with Crippen molar-refractivity contribution in [2.24, 2.45) is 5.92 Å². The molecule has 0 bridgehead atoms. The molecule has 0 saturated carbocycles. The van der Waals surface area contributed by atoms with Gasteiger partial charge in [0.15, 0.2) is 5.78 Å². The van der Waals surface area contributed by atoms with E-state index in [-0.39, 0.29) is 19.6 Å². The van der Waals surface area contributed by atoms with Gasteiger partial charge in [-0.2, -0.15) is 0 Å². The maximum Gasteiger partial charge on any atom is 0.411 e. The van der Waals surface area contributed by atoms with Crippen LogP contribution < -0.4 is 0 Å². The number of rotatable bonds is 5. The average molecular weight is 405 g/mol. The summed E-state index contributed by atoms with van der Waals surface area (Å²) in [6, 6.07) is 7.91. The van der Waals surface area contributed by atoms with E-state index in [1.54, 1.807) is 52.0 Å². The normalized spacial score (nSPS) is 19.4. The molecule has 8 heteroatoms. The maximum absolute atomic E-state index is 12.7. The SMILES string of the molecule is CCOC(=O)C1C[C@@H](C(=O)OC(C)(C)C)N(C(=O)OCc2ccccc2)CC1=O. The van der Waals surface area contributed by atoms with Crippen molar-refractivity contribution in [1.82, 2.24) is 4.90 Å². The van der Waals surface area contributed by atoms with Gasteiger partial charge in [-0.15, -0.1) is 0 Å². The van der Waals surface area contributed by atoms with E-state index in [4.69, 9.17) is 14.2 Å². The van der Waals surface area contributed by atoms with Gasteiger partial charge in [-0.3, -0.25) is 14.5 Å². The number of esters is 2. The third-order valence-electron chi connectivity index (χ3n) is 4.24. The van der Waals surface area contributed by atoms with Gasteiger partial charge in [0, 0.05) is 0 Å². The Kier molecular flexibility index (Phi) is 7.36. The molecule has 0 radical (unpaired) electrons. The zero-order valence-corrected chi connectivity index (χ0v) is 17.2. The molecule has 0 spiro atoms. The molecule has 0 N–H and O–H groups in total. The molecule has 158 valence electrons. The van der Waals surface area contributed by atoms with Gasteiger partial charge < -0.3 is 14.2 Å². The number of carbonyl (C=O) groups is 4. The number of ether oxygens (including phenoxy) is 3. The Hall–Kier alpha value is -2.90. The molecule has 2 atom stereocenters. The number of benzene rings is 1. The summed E-state index contributed by atoms with van der Waals surface area (Å²) in [5, 5.41) is 0. The maximum atomic E-state index is 12.7. The summed E-state index contributed by atoms with van der Waals surface area (Å²) in [4.78, 5) is 50.9. The van der Waals surface area contributed by atoms with Crippen LogP contribution in [-0.4, -0.2) is 53.5 Å². The predicted octanol–water partition coefficient (Wildman–Crippen LogP) is 2.49. The molecule has 1 heterocycles. The van der Waals surface area contributed by atoms with Crippen LogP contribution in [0.1, 0.15) is 39.7 Å². The molecule has 0 aromatic heterocycles. The van der Waals surface area contributed by atoms with E-state index in [9.17, 15) is 19.2 Å². The third-order valence-corrected chi connectivity index (χ3v) is 4.24. The number of hydrogen-bond donors (Lipinski definition) is 0. The molecule has 0 aliphatic carbocycles. The Labute approximate surface area is 170 Å². The van der Waals surface area contributed by atoms with Crippen molar-refractivity contribution >= 4 is 23.8 Å². The summed E-state index contributed by atoms with van der Waals surface area (Å²) in [7, 11) is 0. The second-order valence-electron chi connectivity index (χ2n) is 7.72. The molecule has 1 saturated heterocycles. The van der Waals surface area contributed by atoms with Gasteiger partial charge in [0.25, 0.3) is 0 Å². The number of likely N-dealkylation sites (tertiary alicyclic amines) is 1. The highest BCUT2D eigenvalue weighted by atomic mass is 16.6. The molecule has 1 unspecified atom stereocenters. The van der Waals surface area contributed by atoms with Crippen LogP contribution in [0, 0.1) is 5.92 Å². The minimum atomic E-state index is -1.12. The van der Waals surface area contributed by atoms with Gasteiger partial charge in [-0.1, -0.05) is 30.3 Å². The van der Waals surface area contributed by atoms with Gasteiger partial charge in [-0.25, -0.2) is 9.59 Å². The Bertz CT molecular complexity index is 754. The van der Waals surface area contributed by atoms with Crippen molar-refractivity contribution < 1.29 is 33.4 Å². The first kappa shape index (κ1) is 22.4. The summed E-state index contributed by atoms with van der Waals surface area (Å²) < 4.78 is 15.6. The van der Waals surface area contributed by atoms with E-state index in [0.717, 1.165) is 10.5 Å². The lowest BCUT2D eigenvalue weighted by Gasteiger charge is -2.36. The third kappa shape index (κ3) is 6.30. The fourth-order valence-corrected chi connectivity index (χ4v) is 2.93. The Morgan fingerprint density at radius 2 is 1.72 bits per heavy atom. The molecule has 1 aromatic carbocycles. The molecular formula is C21H27NO7. The van der Waals surface area contributed by atoms with Crippen molar-refractivity contribution in [3.05, 3.63) is 35.9 Å². The summed E-state index contributed by atoms with van der Waals surface area (Å²) in [5.74, 6) is -3.02. The van der Waals surface area contributed by atoms with Gasteiger partial charge in [0.2, 0.25) is 0 Å². The quantitative estimate of drug-likeness (QED) is 0.421. The summed E-state index contributed by atoms with van der Waals surface area (Å²) >= 11 is 0. The van der Waals surface area contributed by atoms with Crippen molar-refractivity contribution in [1.29, 1.82) is 0 Å². The van der Waals surface area contributed by atoms with Crippen LogP contribution in [0.4, 0.5) is 4.79 Å². The van der Waals surface area contributed by atoms with Crippen molar-refractivity contribution in [2.45, 2.75) is 52.4 Å². The fourth-order valence-electron chi connectivity index (χ4n) is 2.93. The molecule has 1 aromatic rings. The fraction of sp³-hybridized carbons (Fsp3) is 0.524. The van der Waals surface area contributed by atoms with E-state index in [1.165, 1.54) is 0 Å². The Morgan fingerprint density at radius 3 is 2.31 bits per heavy atom. The van der Waals surface area contributed by atoms with Crippen molar-refractivity contribution in [2.75, 3.05) is 13.2 Å². The number of Topliss-reactive ketones (excluding diaryl/α,β-unsaturated/α-hetero) is 1. The van der Waals surface area contributed by atoms with Crippen LogP contribution in [-0.2, 0) is 35.2 Å². The first-order chi connectivity index (χ1) is 13.6.